The molecular formula is C29H48O3. The van der Waals surface area contributed by atoms with Crippen molar-refractivity contribution in [3.05, 3.63) is 0 Å². The molecule has 2 N–H and O–H groups in total. The van der Waals surface area contributed by atoms with Crippen LogP contribution < -0.4 is 0 Å². The Balaban J connectivity index is 1.26. The van der Waals surface area contributed by atoms with Crippen molar-refractivity contribution in [3.63, 3.8) is 0 Å². The predicted octanol–water partition coefficient (Wildman–Crippen LogP) is 5.96. The zero-order valence-corrected chi connectivity index (χ0v) is 21.5. The molecule has 11 atom stereocenters. The fourth-order valence-electron chi connectivity index (χ4n) is 11.1. The lowest BCUT2D eigenvalue weighted by molar-refractivity contribution is -0.157. The monoisotopic (exact) mass is 444 g/mol. The zero-order chi connectivity index (χ0) is 22.9. The standard InChI is InChI=1S/C29H48O3/c1-25(2,3)24(31)20-9-7-18-21(32-20)15-19-17-8-10-22-26(4,5)23(30)11-12-29(22)16-28(17,29)14-13-27(18,19)6/h17-24,30-31H,7-16H2,1-6H3/t17?,18?,19?,20?,21?,22?,23-,24?,27+,28-,29+/m0/s1. The summed E-state index contributed by atoms with van der Waals surface area (Å²) in [5, 5.41) is 21.8. The van der Waals surface area contributed by atoms with E-state index in [1.165, 1.54) is 51.4 Å². The largest absolute Gasteiger partial charge is 0.393 e. The molecule has 0 amide bonds. The first-order chi connectivity index (χ1) is 14.9. The molecule has 5 aliphatic carbocycles. The van der Waals surface area contributed by atoms with E-state index >= 15 is 0 Å². The molecule has 0 bridgehead atoms. The van der Waals surface area contributed by atoms with Crippen LogP contribution in [0.2, 0.25) is 0 Å². The molecule has 6 rings (SSSR count). The number of ether oxygens (including phenoxy) is 1. The smallest absolute Gasteiger partial charge is 0.0850 e. The SMILES string of the molecule is CC(C)(C)C(O)C1CCC2C(CC3C4CCC5C(C)(C)[C@@H](O)CC[C@@]56C[C@@]46CC[C@]23C)O1. The van der Waals surface area contributed by atoms with E-state index in [4.69, 9.17) is 4.74 Å². The molecule has 182 valence electrons. The molecule has 1 aliphatic heterocycles. The molecule has 6 aliphatic rings. The van der Waals surface area contributed by atoms with Gasteiger partial charge in [0.1, 0.15) is 0 Å². The van der Waals surface area contributed by atoms with Crippen molar-refractivity contribution >= 4 is 0 Å². The summed E-state index contributed by atoms with van der Waals surface area (Å²) in [4.78, 5) is 0. The maximum Gasteiger partial charge on any atom is 0.0850 e. The number of rotatable bonds is 1. The maximum absolute atomic E-state index is 10.9. The van der Waals surface area contributed by atoms with Crippen LogP contribution in [0.15, 0.2) is 0 Å². The first-order valence-corrected chi connectivity index (χ1v) is 13.9. The molecule has 5 saturated carbocycles. The van der Waals surface area contributed by atoms with E-state index in [1.807, 2.05) is 0 Å². The number of aliphatic hydroxyl groups excluding tert-OH is 2. The first kappa shape index (κ1) is 22.4. The van der Waals surface area contributed by atoms with Gasteiger partial charge in [0.2, 0.25) is 0 Å². The van der Waals surface area contributed by atoms with Gasteiger partial charge in [-0.1, -0.05) is 41.5 Å². The van der Waals surface area contributed by atoms with Crippen LogP contribution in [0.5, 0.6) is 0 Å². The molecule has 0 radical (unpaired) electrons. The summed E-state index contributed by atoms with van der Waals surface area (Å²) in [6, 6.07) is 0. The van der Waals surface area contributed by atoms with Crippen molar-refractivity contribution in [3.8, 4) is 0 Å². The van der Waals surface area contributed by atoms with Gasteiger partial charge in [-0.2, -0.15) is 0 Å². The van der Waals surface area contributed by atoms with Crippen LogP contribution in [0.1, 0.15) is 106 Å². The van der Waals surface area contributed by atoms with Crippen LogP contribution in [-0.2, 0) is 4.74 Å². The van der Waals surface area contributed by atoms with Crippen molar-refractivity contribution in [1.82, 2.24) is 0 Å². The van der Waals surface area contributed by atoms with E-state index in [-0.39, 0.29) is 29.1 Å². The minimum atomic E-state index is -0.372. The second-order valence-corrected chi connectivity index (χ2v) is 15.2. The van der Waals surface area contributed by atoms with Gasteiger partial charge < -0.3 is 14.9 Å². The van der Waals surface area contributed by atoms with Gasteiger partial charge >= 0.3 is 0 Å². The van der Waals surface area contributed by atoms with E-state index in [0.29, 0.717) is 34.2 Å². The van der Waals surface area contributed by atoms with Crippen LogP contribution in [0, 0.1) is 50.7 Å². The van der Waals surface area contributed by atoms with Gasteiger partial charge in [-0.15, -0.1) is 0 Å². The molecule has 3 heteroatoms. The van der Waals surface area contributed by atoms with Gasteiger partial charge in [-0.25, -0.2) is 0 Å². The Labute approximate surface area is 196 Å². The molecule has 2 spiro atoms. The van der Waals surface area contributed by atoms with E-state index < -0.39 is 0 Å². The number of aliphatic hydroxyl groups is 2. The summed E-state index contributed by atoms with van der Waals surface area (Å²) in [5.41, 5.74) is 1.48. The highest BCUT2D eigenvalue weighted by Gasteiger charge is 2.80. The lowest BCUT2D eigenvalue weighted by Gasteiger charge is -2.59. The molecular weight excluding hydrogens is 396 g/mol. The van der Waals surface area contributed by atoms with Crippen molar-refractivity contribution in [2.45, 2.75) is 130 Å². The van der Waals surface area contributed by atoms with Crippen molar-refractivity contribution in [1.29, 1.82) is 0 Å². The Kier molecular flexibility index (Phi) is 4.57. The van der Waals surface area contributed by atoms with Crippen molar-refractivity contribution < 1.29 is 14.9 Å². The van der Waals surface area contributed by atoms with E-state index in [9.17, 15) is 10.2 Å². The zero-order valence-electron chi connectivity index (χ0n) is 21.5. The van der Waals surface area contributed by atoms with Gasteiger partial charge in [0.05, 0.1) is 24.4 Å². The number of fused-ring (bicyclic) bond motifs is 4. The second-order valence-electron chi connectivity index (χ2n) is 15.2. The lowest BCUT2D eigenvalue weighted by atomic mass is 9.46. The lowest BCUT2D eigenvalue weighted by Crippen LogP contribution is -2.54. The highest BCUT2D eigenvalue weighted by Crippen LogP contribution is 2.87. The summed E-state index contributed by atoms with van der Waals surface area (Å²) in [7, 11) is 0. The highest BCUT2D eigenvalue weighted by molar-refractivity contribution is 5.29. The normalized spacial score (nSPS) is 56.8. The summed E-state index contributed by atoms with van der Waals surface area (Å²) < 4.78 is 6.75. The van der Waals surface area contributed by atoms with Crippen molar-refractivity contribution in [2.24, 2.45) is 50.7 Å². The quantitative estimate of drug-likeness (QED) is 0.524. The topological polar surface area (TPSA) is 49.7 Å². The van der Waals surface area contributed by atoms with Gasteiger partial charge in [0.15, 0.2) is 0 Å². The third kappa shape index (κ3) is 2.60. The molecule has 0 aromatic rings. The van der Waals surface area contributed by atoms with Gasteiger partial charge in [-0.05, 0) is 115 Å². The van der Waals surface area contributed by atoms with E-state index in [2.05, 4.69) is 41.5 Å². The molecule has 6 fully saturated rings. The molecule has 1 saturated heterocycles. The minimum Gasteiger partial charge on any atom is -0.393 e. The average molecular weight is 445 g/mol. The summed E-state index contributed by atoms with van der Waals surface area (Å²) >= 11 is 0. The fraction of sp³-hybridized carbons (Fsp3) is 1.00. The van der Waals surface area contributed by atoms with Crippen LogP contribution in [0.3, 0.4) is 0 Å². The number of hydrogen-bond acceptors (Lipinski definition) is 3. The Morgan fingerprint density at radius 2 is 1.56 bits per heavy atom. The van der Waals surface area contributed by atoms with Crippen LogP contribution in [0.4, 0.5) is 0 Å². The maximum atomic E-state index is 10.9. The molecule has 0 aromatic heterocycles. The minimum absolute atomic E-state index is 0.0117. The van der Waals surface area contributed by atoms with E-state index in [0.717, 1.165) is 24.7 Å². The molecule has 3 nitrogen and oxygen atoms in total. The Bertz CT molecular complexity index is 784. The van der Waals surface area contributed by atoms with Crippen molar-refractivity contribution in [2.75, 3.05) is 0 Å². The molecule has 0 aromatic carbocycles. The second kappa shape index (κ2) is 6.55. The third-order valence-corrected chi connectivity index (χ3v) is 12.8. The number of hydrogen-bond donors (Lipinski definition) is 2. The molecule has 7 unspecified atom stereocenters. The van der Waals surface area contributed by atoms with Gasteiger partial charge in [0, 0.05) is 0 Å². The predicted molar refractivity (Wildman–Crippen MR) is 127 cm³/mol. The Morgan fingerprint density at radius 1 is 0.844 bits per heavy atom. The summed E-state index contributed by atoms with van der Waals surface area (Å²) in [6.45, 7) is 13.8. The summed E-state index contributed by atoms with van der Waals surface area (Å²) in [6.07, 6.45) is 12.6. The van der Waals surface area contributed by atoms with Gasteiger partial charge in [-0.3, -0.25) is 0 Å². The Hall–Kier alpha value is -0.120. The summed E-state index contributed by atoms with van der Waals surface area (Å²) in [5.74, 6) is 3.06. The van der Waals surface area contributed by atoms with Crippen LogP contribution in [0.25, 0.3) is 0 Å². The average Bonchev–Trinajstić information content (AvgIpc) is 3.30. The molecule has 1 heterocycles. The van der Waals surface area contributed by atoms with Crippen LogP contribution in [-0.4, -0.2) is 34.6 Å². The van der Waals surface area contributed by atoms with Crippen LogP contribution >= 0.6 is 0 Å². The third-order valence-electron chi connectivity index (χ3n) is 12.8. The first-order valence-electron chi connectivity index (χ1n) is 13.9. The molecule has 32 heavy (non-hydrogen) atoms. The van der Waals surface area contributed by atoms with E-state index in [1.54, 1.807) is 0 Å². The Morgan fingerprint density at radius 3 is 2.28 bits per heavy atom. The van der Waals surface area contributed by atoms with Gasteiger partial charge in [0.25, 0.3) is 0 Å². The fourth-order valence-corrected chi connectivity index (χ4v) is 11.1. The highest BCUT2D eigenvalue weighted by atomic mass is 16.5.